The normalized spacial score (nSPS) is 13.6. The van der Waals surface area contributed by atoms with E-state index in [-0.39, 0.29) is 38.6 Å². The van der Waals surface area contributed by atoms with Gasteiger partial charge >= 0.3 is 19.8 Å². The molecule has 0 aliphatic rings. The van der Waals surface area contributed by atoms with Gasteiger partial charge in [0.15, 0.2) is 6.10 Å². The first-order chi connectivity index (χ1) is 35.3. The van der Waals surface area contributed by atoms with Crippen molar-refractivity contribution in [3.8, 4) is 0 Å². The van der Waals surface area contributed by atoms with Crippen molar-refractivity contribution >= 4 is 19.8 Å². The minimum Gasteiger partial charge on any atom is -0.462 e. The molecule has 2 unspecified atom stereocenters. The summed E-state index contributed by atoms with van der Waals surface area (Å²) in [7, 11) is -4.39. The van der Waals surface area contributed by atoms with Crippen molar-refractivity contribution in [2.45, 2.75) is 283 Å². The number of carbonyl (C=O) groups excluding carboxylic acids is 2. The number of unbranched alkanes of at least 4 members (excludes halogenated alkanes) is 31. The Kier molecular flexibility index (Phi) is 55.7. The van der Waals surface area contributed by atoms with Gasteiger partial charge in [0, 0.05) is 19.4 Å². The lowest BCUT2D eigenvalue weighted by Gasteiger charge is -2.19. The van der Waals surface area contributed by atoms with Gasteiger partial charge in [0.2, 0.25) is 0 Å². The van der Waals surface area contributed by atoms with Gasteiger partial charge in [-0.15, -0.1) is 0 Å². The topological polar surface area (TPSA) is 134 Å². The van der Waals surface area contributed by atoms with Crippen molar-refractivity contribution in [3.05, 3.63) is 72.9 Å². The van der Waals surface area contributed by atoms with E-state index in [2.05, 4.69) is 86.8 Å². The molecule has 418 valence electrons. The Balaban J connectivity index is 3.82. The first-order valence-corrected chi connectivity index (χ1v) is 31.4. The van der Waals surface area contributed by atoms with Crippen LogP contribution in [0.25, 0.3) is 0 Å². The molecule has 72 heavy (non-hydrogen) atoms. The van der Waals surface area contributed by atoms with Crippen molar-refractivity contribution in [2.75, 3.05) is 26.4 Å². The van der Waals surface area contributed by atoms with E-state index in [0.29, 0.717) is 6.42 Å². The van der Waals surface area contributed by atoms with Gasteiger partial charge in [-0.05, 0) is 83.5 Å². The number of nitrogens with two attached hydrogens (primary N) is 1. The number of phosphoric acid groups is 1. The van der Waals surface area contributed by atoms with Gasteiger partial charge in [-0.3, -0.25) is 18.6 Å². The van der Waals surface area contributed by atoms with Crippen LogP contribution in [0.15, 0.2) is 72.9 Å². The average molecular weight is 1030 g/mol. The third kappa shape index (κ3) is 56.7. The molecular weight excluding hydrogens is 918 g/mol. The molecule has 2 atom stereocenters. The van der Waals surface area contributed by atoms with Gasteiger partial charge in [-0.25, -0.2) is 4.57 Å². The second-order valence-corrected chi connectivity index (χ2v) is 21.3. The summed E-state index contributed by atoms with van der Waals surface area (Å²) in [6, 6.07) is 0. The van der Waals surface area contributed by atoms with Gasteiger partial charge in [0.25, 0.3) is 0 Å². The highest BCUT2D eigenvalue weighted by atomic mass is 31.2. The number of hydrogen-bond donors (Lipinski definition) is 2. The van der Waals surface area contributed by atoms with Crippen LogP contribution in [0.5, 0.6) is 0 Å². The van der Waals surface area contributed by atoms with E-state index in [4.69, 9.17) is 24.3 Å². The third-order valence-electron chi connectivity index (χ3n) is 12.8. The van der Waals surface area contributed by atoms with Crippen LogP contribution in [0.2, 0.25) is 0 Å². The summed E-state index contributed by atoms with van der Waals surface area (Å²) < 4.78 is 33.0. The van der Waals surface area contributed by atoms with E-state index in [9.17, 15) is 19.0 Å². The highest BCUT2D eigenvalue weighted by molar-refractivity contribution is 7.47. The number of rotatable bonds is 56. The summed E-state index contributed by atoms with van der Waals surface area (Å²) in [6.07, 6.45) is 74.1. The van der Waals surface area contributed by atoms with E-state index in [1.807, 2.05) is 0 Å². The molecule has 0 saturated carbocycles. The fourth-order valence-electron chi connectivity index (χ4n) is 8.42. The van der Waals surface area contributed by atoms with Gasteiger partial charge in [0.1, 0.15) is 6.61 Å². The quantitative estimate of drug-likeness (QED) is 0.0264. The van der Waals surface area contributed by atoms with Gasteiger partial charge in [-0.2, -0.15) is 0 Å². The fourth-order valence-corrected chi connectivity index (χ4v) is 9.19. The number of hydrogen-bond acceptors (Lipinski definition) is 8. The molecule has 0 spiro atoms. The molecule has 0 aromatic heterocycles. The third-order valence-corrected chi connectivity index (χ3v) is 13.8. The zero-order valence-electron chi connectivity index (χ0n) is 46.7. The Hall–Kier alpha value is -2.55. The van der Waals surface area contributed by atoms with E-state index < -0.39 is 26.5 Å². The molecular formula is C62H112NO8P. The zero-order chi connectivity index (χ0) is 52.4. The smallest absolute Gasteiger partial charge is 0.462 e. The zero-order valence-corrected chi connectivity index (χ0v) is 47.5. The molecule has 3 N–H and O–H groups in total. The van der Waals surface area contributed by atoms with Crippen LogP contribution >= 0.6 is 7.82 Å². The Morgan fingerprint density at radius 2 is 0.764 bits per heavy atom. The molecule has 10 heteroatoms. The first kappa shape index (κ1) is 69.5. The maximum Gasteiger partial charge on any atom is 0.472 e. The number of allylic oxidation sites excluding steroid dienone is 12. The maximum absolute atomic E-state index is 12.7. The minimum atomic E-state index is -4.39. The van der Waals surface area contributed by atoms with Gasteiger partial charge in [-0.1, -0.05) is 254 Å². The lowest BCUT2D eigenvalue weighted by molar-refractivity contribution is -0.161. The van der Waals surface area contributed by atoms with E-state index in [1.54, 1.807) is 0 Å². The predicted molar refractivity (Wildman–Crippen MR) is 307 cm³/mol. The Bertz CT molecular complexity index is 1410. The second-order valence-electron chi connectivity index (χ2n) is 19.8. The first-order valence-electron chi connectivity index (χ1n) is 29.9. The van der Waals surface area contributed by atoms with Crippen LogP contribution in [0.4, 0.5) is 0 Å². The van der Waals surface area contributed by atoms with Crippen LogP contribution in [0, 0.1) is 0 Å². The largest absolute Gasteiger partial charge is 0.472 e. The molecule has 0 aromatic carbocycles. The average Bonchev–Trinajstić information content (AvgIpc) is 3.37. The summed E-state index contributed by atoms with van der Waals surface area (Å²) in [5.74, 6) is -0.829. The molecule has 0 aliphatic heterocycles. The van der Waals surface area contributed by atoms with Crippen molar-refractivity contribution in [3.63, 3.8) is 0 Å². The van der Waals surface area contributed by atoms with E-state index >= 15 is 0 Å². The van der Waals surface area contributed by atoms with Crippen LogP contribution in [0.1, 0.15) is 277 Å². The standard InChI is InChI=1S/C62H112NO8P/c1-3-5-7-9-11-13-15-17-19-20-21-22-23-24-25-26-27-28-29-30-31-32-33-34-35-36-37-38-39-40-41-43-45-47-49-51-53-55-62(65)71-60(59-70-72(66,67)69-57-56-63)58-68-61(64)54-52-50-48-46-44-42-18-16-14-12-10-8-6-4-2/h5,7,11,13,16-19,21-22,24-25,60H,3-4,6,8-10,12,14-15,20,23,26-59,63H2,1-2H3,(H,66,67)/b7-5-,13-11-,18-16-,19-17-,22-21-,25-24-. The number of carbonyl (C=O) groups is 2. The van der Waals surface area contributed by atoms with Crippen LogP contribution in [-0.2, 0) is 32.7 Å². The fraction of sp³-hybridized carbons (Fsp3) is 0.774. The number of phosphoric ester groups is 1. The lowest BCUT2D eigenvalue weighted by atomic mass is 10.0. The molecule has 9 nitrogen and oxygen atoms in total. The molecule has 0 amide bonds. The lowest BCUT2D eigenvalue weighted by Crippen LogP contribution is -2.29. The molecule has 0 radical (unpaired) electrons. The monoisotopic (exact) mass is 1030 g/mol. The molecule has 0 bridgehead atoms. The number of esters is 2. The van der Waals surface area contributed by atoms with E-state index in [0.717, 1.165) is 83.5 Å². The van der Waals surface area contributed by atoms with Crippen molar-refractivity contribution in [1.82, 2.24) is 0 Å². The summed E-state index contributed by atoms with van der Waals surface area (Å²) in [5, 5.41) is 0. The Labute approximate surface area is 443 Å². The summed E-state index contributed by atoms with van der Waals surface area (Å²) in [6.45, 7) is 3.63. The minimum absolute atomic E-state index is 0.0523. The SMILES string of the molecule is CC/C=C\C/C=C\C/C=C\C/C=C\C/C=C\CCCCCCCCCCCCCCCCCCCCCCCC(=O)OC(COC(=O)CCCCCCC/C=C\CCCCCCC)COP(=O)(O)OCCN. The van der Waals surface area contributed by atoms with E-state index in [1.165, 1.54) is 161 Å². The maximum atomic E-state index is 12.7. The summed E-state index contributed by atoms with van der Waals surface area (Å²) >= 11 is 0. The highest BCUT2D eigenvalue weighted by Gasteiger charge is 2.26. The van der Waals surface area contributed by atoms with Crippen molar-refractivity contribution in [1.29, 1.82) is 0 Å². The molecule has 0 rings (SSSR count). The second kappa shape index (κ2) is 57.7. The number of ether oxygens (including phenoxy) is 2. The molecule has 0 fully saturated rings. The van der Waals surface area contributed by atoms with Crippen LogP contribution in [0.3, 0.4) is 0 Å². The summed E-state index contributed by atoms with van der Waals surface area (Å²) in [5.41, 5.74) is 5.38. The Morgan fingerprint density at radius 1 is 0.431 bits per heavy atom. The molecule has 0 saturated heterocycles. The highest BCUT2D eigenvalue weighted by Crippen LogP contribution is 2.43. The predicted octanol–water partition coefficient (Wildman–Crippen LogP) is 18.9. The summed E-state index contributed by atoms with van der Waals surface area (Å²) in [4.78, 5) is 35.1. The van der Waals surface area contributed by atoms with Crippen molar-refractivity contribution < 1.29 is 37.6 Å². The van der Waals surface area contributed by atoms with Crippen LogP contribution in [-0.4, -0.2) is 49.3 Å². The molecule has 0 heterocycles. The Morgan fingerprint density at radius 3 is 1.15 bits per heavy atom. The van der Waals surface area contributed by atoms with Crippen LogP contribution < -0.4 is 5.73 Å². The van der Waals surface area contributed by atoms with Gasteiger partial charge < -0.3 is 20.1 Å². The molecule has 0 aliphatic carbocycles. The van der Waals surface area contributed by atoms with Crippen molar-refractivity contribution in [2.24, 2.45) is 5.73 Å². The molecule has 0 aromatic rings. The van der Waals surface area contributed by atoms with Gasteiger partial charge in [0.05, 0.1) is 13.2 Å².